The molecule has 1 aliphatic rings. The molecule has 156 valence electrons. The van der Waals surface area contributed by atoms with Crippen molar-refractivity contribution in [3.05, 3.63) is 77.4 Å². The molecule has 0 bridgehead atoms. The number of benzene rings is 1. The number of carbonyl (C=O) groups excluding carboxylic acids is 1. The quantitative estimate of drug-likeness (QED) is 0.600. The maximum atomic E-state index is 13.3. The normalized spacial score (nSPS) is 19.3. The lowest BCUT2D eigenvalue weighted by Crippen LogP contribution is -2.46. The second-order valence-electron chi connectivity index (χ2n) is 8.58. The molecule has 2 aromatic heterocycles. The summed E-state index contributed by atoms with van der Waals surface area (Å²) in [6.45, 7) is 6.59. The fourth-order valence-corrected chi connectivity index (χ4v) is 5.02. The average Bonchev–Trinajstić information content (AvgIpc) is 3.40. The Bertz CT molecular complexity index is 954. The number of nitrogens with zero attached hydrogens (tertiary/aromatic N) is 2. The summed E-state index contributed by atoms with van der Waals surface area (Å²) in [5.41, 5.74) is 3.26. The minimum atomic E-state index is -0.392. The molecule has 4 rings (SSSR count). The van der Waals surface area contributed by atoms with Crippen molar-refractivity contribution in [1.82, 2.24) is 15.2 Å². The Kier molecular flexibility index (Phi) is 6.30. The van der Waals surface area contributed by atoms with E-state index in [0.29, 0.717) is 0 Å². The zero-order valence-electron chi connectivity index (χ0n) is 17.7. The van der Waals surface area contributed by atoms with Gasteiger partial charge < -0.3 is 5.32 Å². The van der Waals surface area contributed by atoms with Crippen LogP contribution in [0.3, 0.4) is 0 Å². The van der Waals surface area contributed by atoms with Crippen LogP contribution in [0, 0.1) is 5.41 Å². The van der Waals surface area contributed by atoms with E-state index in [1.54, 1.807) is 17.5 Å². The smallest absolute Gasteiger partial charge is 0.228 e. The van der Waals surface area contributed by atoms with Gasteiger partial charge in [-0.2, -0.15) is 0 Å². The average molecular weight is 420 g/mol. The maximum Gasteiger partial charge on any atom is 0.228 e. The molecule has 1 N–H and O–H groups in total. The predicted octanol–water partition coefficient (Wildman–Crippen LogP) is 4.77. The molecule has 1 amide bonds. The van der Waals surface area contributed by atoms with Gasteiger partial charge in [0.2, 0.25) is 5.91 Å². The molecule has 4 nitrogen and oxygen atoms in total. The first-order chi connectivity index (χ1) is 14.5. The van der Waals surface area contributed by atoms with Gasteiger partial charge in [0.05, 0.1) is 5.41 Å². The molecule has 1 aliphatic heterocycles. The summed E-state index contributed by atoms with van der Waals surface area (Å²) in [6.07, 6.45) is 5.35. The zero-order valence-corrected chi connectivity index (χ0v) is 18.5. The summed E-state index contributed by atoms with van der Waals surface area (Å²) in [7, 11) is 0. The van der Waals surface area contributed by atoms with E-state index in [1.165, 1.54) is 21.6 Å². The first kappa shape index (κ1) is 20.8. The van der Waals surface area contributed by atoms with E-state index in [9.17, 15) is 4.79 Å². The number of thiophene rings is 1. The van der Waals surface area contributed by atoms with E-state index in [0.717, 1.165) is 32.5 Å². The molecule has 0 unspecified atom stereocenters. The number of nitrogens with one attached hydrogen (secondary N) is 1. The van der Waals surface area contributed by atoms with E-state index in [4.69, 9.17) is 0 Å². The van der Waals surface area contributed by atoms with Crippen LogP contribution in [0.5, 0.6) is 0 Å². The van der Waals surface area contributed by atoms with Gasteiger partial charge in [0.25, 0.3) is 0 Å². The van der Waals surface area contributed by atoms with Gasteiger partial charge in [0.1, 0.15) is 0 Å². The third-order valence-electron chi connectivity index (χ3n) is 5.77. The molecular formula is C25H29N3OS. The Morgan fingerprint density at radius 1 is 1.17 bits per heavy atom. The van der Waals surface area contributed by atoms with Crippen LogP contribution < -0.4 is 5.32 Å². The van der Waals surface area contributed by atoms with E-state index < -0.39 is 5.41 Å². The number of hydrogen-bond acceptors (Lipinski definition) is 4. The molecule has 1 saturated heterocycles. The number of amides is 1. The second kappa shape index (κ2) is 9.11. The van der Waals surface area contributed by atoms with Crippen molar-refractivity contribution in [3.63, 3.8) is 0 Å². The summed E-state index contributed by atoms with van der Waals surface area (Å²) in [5, 5.41) is 5.29. The Morgan fingerprint density at radius 2 is 2.00 bits per heavy atom. The third-order valence-corrected chi connectivity index (χ3v) is 6.68. The van der Waals surface area contributed by atoms with Crippen molar-refractivity contribution in [1.29, 1.82) is 0 Å². The van der Waals surface area contributed by atoms with Crippen molar-refractivity contribution in [2.24, 2.45) is 5.41 Å². The van der Waals surface area contributed by atoms with Crippen molar-refractivity contribution < 1.29 is 4.79 Å². The van der Waals surface area contributed by atoms with Crippen LogP contribution >= 0.6 is 11.3 Å². The largest absolute Gasteiger partial charge is 0.353 e. The van der Waals surface area contributed by atoms with Gasteiger partial charge in [0.15, 0.2) is 0 Å². The van der Waals surface area contributed by atoms with Gasteiger partial charge in [-0.3, -0.25) is 14.7 Å². The molecule has 5 heteroatoms. The first-order valence-electron chi connectivity index (χ1n) is 10.6. The molecule has 0 saturated carbocycles. The van der Waals surface area contributed by atoms with Gasteiger partial charge in [-0.25, -0.2) is 0 Å². The highest BCUT2D eigenvalue weighted by molar-refractivity contribution is 7.13. The van der Waals surface area contributed by atoms with E-state index >= 15 is 0 Å². The summed E-state index contributed by atoms with van der Waals surface area (Å²) < 4.78 is 0. The zero-order chi connectivity index (χ0) is 21.0. The topological polar surface area (TPSA) is 45.2 Å². The molecule has 0 spiro atoms. The molecule has 3 heterocycles. The highest BCUT2D eigenvalue weighted by atomic mass is 32.1. The molecule has 1 fully saturated rings. The fraction of sp³-hybridized carbons (Fsp3) is 0.360. The van der Waals surface area contributed by atoms with Crippen LogP contribution in [0.25, 0.3) is 10.4 Å². The summed E-state index contributed by atoms with van der Waals surface area (Å²) in [6, 6.07) is 17.2. The number of pyridine rings is 1. The minimum absolute atomic E-state index is 0.142. The Labute approximate surface area is 183 Å². The summed E-state index contributed by atoms with van der Waals surface area (Å²) in [4.78, 5) is 21.2. The molecule has 30 heavy (non-hydrogen) atoms. The highest BCUT2D eigenvalue weighted by Crippen LogP contribution is 2.36. The van der Waals surface area contributed by atoms with Crippen LogP contribution in [0.1, 0.15) is 31.4 Å². The van der Waals surface area contributed by atoms with E-state index in [2.05, 4.69) is 63.0 Å². The van der Waals surface area contributed by atoms with Gasteiger partial charge in [-0.1, -0.05) is 36.4 Å². The molecule has 0 aliphatic carbocycles. The molecule has 1 atom stereocenters. The maximum absolute atomic E-state index is 13.3. The lowest BCUT2D eigenvalue weighted by atomic mass is 9.79. The van der Waals surface area contributed by atoms with Crippen LogP contribution in [-0.4, -0.2) is 34.9 Å². The standard InChI is InChI=1S/C25H29N3OS/c1-19(2)27-24(29)25(11-13-28(18-25)17-21-5-3-12-26-16-21)15-20-7-9-22(10-8-20)23-6-4-14-30-23/h3-10,12,14,16,19H,11,13,15,17-18H2,1-2H3,(H,27,29)/t25-/m0/s1. The van der Waals surface area contributed by atoms with Gasteiger partial charge in [-0.15, -0.1) is 11.3 Å². The van der Waals surface area contributed by atoms with Crippen LogP contribution in [0.15, 0.2) is 66.3 Å². The first-order valence-corrected chi connectivity index (χ1v) is 11.5. The molecular weight excluding hydrogens is 390 g/mol. The Balaban J connectivity index is 1.52. The third kappa shape index (κ3) is 4.79. The van der Waals surface area contributed by atoms with Crippen LogP contribution in [0.4, 0.5) is 0 Å². The lowest BCUT2D eigenvalue weighted by molar-refractivity contribution is -0.131. The van der Waals surface area contributed by atoms with E-state index in [1.807, 2.05) is 26.1 Å². The van der Waals surface area contributed by atoms with Crippen LogP contribution in [0.2, 0.25) is 0 Å². The molecule has 1 aromatic carbocycles. The monoisotopic (exact) mass is 419 g/mol. The number of likely N-dealkylation sites (tertiary alicyclic amines) is 1. The number of carbonyl (C=O) groups is 1. The minimum Gasteiger partial charge on any atom is -0.353 e. The van der Waals surface area contributed by atoms with Crippen molar-refractivity contribution in [2.45, 2.75) is 39.3 Å². The number of hydrogen-bond donors (Lipinski definition) is 1. The van der Waals surface area contributed by atoms with E-state index in [-0.39, 0.29) is 11.9 Å². The fourth-order valence-electron chi connectivity index (χ4n) is 4.29. The van der Waals surface area contributed by atoms with Gasteiger partial charge >= 0.3 is 0 Å². The number of rotatable bonds is 7. The number of aromatic nitrogens is 1. The summed E-state index contributed by atoms with van der Waals surface area (Å²) in [5.74, 6) is 0.175. The Hall–Kier alpha value is -2.50. The second-order valence-corrected chi connectivity index (χ2v) is 9.53. The van der Waals surface area contributed by atoms with Crippen LogP contribution in [-0.2, 0) is 17.8 Å². The SMILES string of the molecule is CC(C)NC(=O)[C@]1(Cc2ccc(-c3cccs3)cc2)CCN(Cc2cccnc2)C1. The molecule has 0 radical (unpaired) electrons. The van der Waals surface area contributed by atoms with Crippen molar-refractivity contribution >= 4 is 17.2 Å². The highest BCUT2D eigenvalue weighted by Gasteiger charge is 2.44. The summed E-state index contributed by atoms with van der Waals surface area (Å²) >= 11 is 1.75. The van der Waals surface area contributed by atoms with Crippen molar-refractivity contribution in [3.8, 4) is 10.4 Å². The Morgan fingerprint density at radius 3 is 2.67 bits per heavy atom. The lowest BCUT2D eigenvalue weighted by Gasteiger charge is -2.29. The molecule has 3 aromatic rings. The van der Waals surface area contributed by atoms with Gasteiger partial charge in [0, 0.05) is 36.4 Å². The predicted molar refractivity (Wildman–Crippen MR) is 123 cm³/mol. The van der Waals surface area contributed by atoms with Gasteiger partial charge in [-0.05, 0) is 67.4 Å². The van der Waals surface area contributed by atoms with Crippen molar-refractivity contribution in [2.75, 3.05) is 13.1 Å².